The fourth-order valence-corrected chi connectivity index (χ4v) is 5.22. The molecule has 1 aliphatic rings. The van der Waals surface area contributed by atoms with E-state index >= 15 is 0 Å². The second kappa shape index (κ2) is 3.17. The molecule has 0 atom stereocenters. The predicted octanol–water partition coefficient (Wildman–Crippen LogP) is -0.582. The minimum absolute atomic E-state index is 0.0664. The molecular formula is C6H18N2Si2. The van der Waals surface area contributed by atoms with E-state index in [0.717, 1.165) is 12.1 Å². The van der Waals surface area contributed by atoms with Crippen LogP contribution in [0, 0.1) is 0 Å². The molecule has 60 valence electrons. The van der Waals surface area contributed by atoms with Crippen molar-refractivity contribution in [1.29, 1.82) is 0 Å². The van der Waals surface area contributed by atoms with Crippen LogP contribution in [0.15, 0.2) is 0 Å². The number of hydrogen-bond donors (Lipinski definition) is 0. The average molecular weight is 174 g/mol. The van der Waals surface area contributed by atoms with Gasteiger partial charge in [0.15, 0.2) is 19.7 Å². The van der Waals surface area contributed by atoms with Crippen LogP contribution in [0.2, 0.25) is 0 Å². The Morgan fingerprint density at radius 1 is 0.800 bits per heavy atom. The van der Waals surface area contributed by atoms with Gasteiger partial charge in [0, 0.05) is 0 Å². The number of hydrogen-bond acceptors (Lipinski definition) is 2. The molecular weight excluding hydrogens is 156 g/mol. The van der Waals surface area contributed by atoms with Crippen molar-refractivity contribution in [2.24, 2.45) is 0 Å². The second-order valence-corrected chi connectivity index (χ2v) is 9.25. The third kappa shape index (κ3) is 1.69. The first-order chi connectivity index (χ1) is 4.61. The molecule has 1 fully saturated rings. The summed E-state index contributed by atoms with van der Waals surface area (Å²) in [5.74, 6) is 0. The molecule has 4 heteroatoms. The zero-order valence-electron chi connectivity index (χ0n) is 7.46. The fraction of sp³-hybridized carbons (Fsp3) is 1.00. The zero-order valence-corrected chi connectivity index (χ0v) is 10.3. The summed E-state index contributed by atoms with van der Waals surface area (Å²) in [6, 6.07) is 1.68. The normalized spacial score (nSPS) is 27.0. The molecule has 0 radical (unpaired) electrons. The summed E-state index contributed by atoms with van der Waals surface area (Å²) in [7, 11) is 0.133. The molecule has 2 nitrogen and oxygen atoms in total. The maximum absolute atomic E-state index is 2.74. The minimum atomic E-state index is 0.0664. The monoisotopic (exact) mass is 174 g/mol. The summed E-state index contributed by atoms with van der Waals surface area (Å²) in [6.45, 7) is 9.27. The lowest BCUT2D eigenvalue weighted by Crippen LogP contribution is -2.65. The highest BCUT2D eigenvalue weighted by atomic mass is 28.4. The Kier molecular flexibility index (Phi) is 2.68. The van der Waals surface area contributed by atoms with E-state index in [1.54, 1.807) is 0 Å². The minimum Gasteiger partial charge on any atom is -0.330 e. The average Bonchev–Trinajstić information content (AvgIpc) is 1.56. The Bertz CT molecular complexity index is 98.3. The van der Waals surface area contributed by atoms with Gasteiger partial charge in [-0.2, -0.15) is 0 Å². The van der Waals surface area contributed by atoms with Gasteiger partial charge in [0.05, 0.1) is 0 Å². The van der Waals surface area contributed by atoms with Crippen molar-refractivity contribution in [2.45, 2.75) is 39.8 Å². The summed E-state index contributed by atoms with van der Waals surface area (Å²) in [6.07, 6.45) is 0. The molecule has 0 aromatic rings. The van der Waals surface area contributed by atoms with Gasteiger partial charge < -0.3 is 8.46 Å². The van der Waals surface area contributed by atoms with E-state index in [0.29, 0.717) is 0 Å². The quantitative estimate of drug-likeness (QED) is 0.517. The van der Waals surface area contributed by atoms with Crippen LogP contribution in [-0.4, -0.2) is 40.2 Å². The highest BCUT2D eigenvalue weighted by Crippen LogP contribution is 2.10. The van der Waals surface area contributed by atoms with E-state index in [1.165, 1.54) is 0 Å². The van der Waals surface area contributed by atoms with Crippen molar-refractivity contribution in [3.05, 3.63) is 0 Å². The lowest BCUT2D eigenvalue weighted by atomic mass is 10.4. The molecule has 1 rings (SSSR count). The van der Waals surface area contributed by atoms with E-state index in [-0.39, 0.29) is 19.7 Å². The van der Waals surface area contributed by atoms with Crippen molar-refractivity contribution in [3.63, 3.8) is 0 Å². The lowest BCUT2D eigenvalue weighted by Gasteiger charge is -2.46. The Morgan fingerprint density at radius 2 is 1.10 bits per heavy atom. The molecule has 1 saturated heterocycles. The van der Waals surface area contributed by atoms with Crippen molar-refractivity contribution < 1.29 is 0 Å². The van der Waals surface area contributed by atoms with Crippen LogP contribution >= 0.6 is 0 Å². The lowest BCUT2D eigenvalue weighted by molar-refractivity contribution is 0.384. The highest BCUT2D eigenvalue weighted by molar-refractivity contribution is 6.64. The van der Waals surface area contributed by atoms with Crippen LogP contribution in [0.25, 0.3) is 0 Å². The molecule has 0 bridgehead atoms. The molecule has 0 amide bonds. The SMILES string of the molecule is CC(C)N1[SiH2]N(C(C)C)[SiH2]1. The van der Waals surface area contributed by atoms with E-state index in [1.807, 2.05) is 0 Å². The molecule has 0 aliphatic carbocycles. The van der Waals surface area contributed by atoms with Crippen LogP contribution < -0.4 is 0 Å². The van der Waals surface area contributed by atoms with Gasteiger partial charge in [0.2, 0.25) is 0 Å². The van der Waals surface area contributed by atoms with Crippen molar-refractivity contribution in [1.82, 2.24) is 8.46 Å². The largest absolute Gasteiger partial charge is 0.330 e. The van der Waals surface area contributed by atoms with Gasteiger partial charge in [-0.1, -0.05) is 27.7 Å². The Hall–Kier alpha value is 0.354. The van der Waals surface area contributed by atoms with Crippen LogP contribution in [0.4, 0.5) is 0 Å². The summed E-state index contributed by atoms with van der Waals surface area (Å²) in [4.78, 5) is 0. The van der Waals surface area contributed by atoms with Crippen LogP contribution in [0.5, 0.6) is 0 Å². The first-order valence-corrected chi connectivity index (χ1v) is 6.62. The van der Waals surface area contributed by atoms with Crippen molar-refractivity contribution in [2.75, 3.05) is 0 Å². The molecule has 0 aromatic heterocycles. The van der Waals surface area contributed by atoms with Gasteiger partial charge in [-0.25, -0.2) is 0 Å². The summed E-state index contributed by atoms with van der Waals surface area (Å²) < 4.78 is 5.47. The van der Waals surface area contributed by atoms with Gasteiger partial charge in [-0.15, -0.1) is 0 Å². The highest BCUT2D eigenvalue weighted by Gasteiger charge is 2.28. The van der Waals surface area contributed by atoms with Gasteiger partial charge in [-0.05, 0) is 12.1 Å². The molecule has 10 heavy (non-hydrogen) atoms. The van der Waals surface area contributed by atoms with Gasteiger partial charge in [0.1, 0.15) is 0 Å². The van der Waals surface area contributed by atoms with E-state index < -0.39 is 0 Å². The topological polar surface area (TPSA) is 6.48 Å². The smallest absolute Gasteiger partial charge is 0.161 e. The van der Waals surface area contributed by atoms with Gasteiger partial charge in [0.25, 0.3) is 0 Å². The predicted molar refractivity (Wildman–Crippen MR) is 51.0 cm³/mol. The van der Waals surface area contributed by atoms with E-state index in [9.17, 15) is 0 Å². The van der Waals surface area contributed by atoms with E-state index in [2.05, 4.69) is 36.2 Å². The van der Waals surface area contributed by atoms with Crippen LogP contribution in [0.3, 0.4) is 0 Å². The van der Waals surface area contributed by atoms with Crippen molar-refractivity contribution >= 4 is 19.7 Å². The molecule has 1 aliphatic heterocycles. The van der Waals surface area contributed by atoms with Crippen LogP contribution in [0.1, 0.15) is 27.7 Å². The molecule has 0 aromatic carbocycles. The summed E-state index contributed by atoms with van der Waals surface area (Å²) in [5, 5.41) is 0. The second-order valence-electron chi connectivity index (χ2n) is 3.65. The third-order valence-corrected chi connectivity index (χ3v) is 8.96. The third-order valence-electron chi connectivity index (χ3n) is 2.19. The maximum Gasteiger partial charge on any atom is 0.161 e. The molecule has 0 N–H and O–H groups in total. The Labute approximate surface area is 68.5 Å². The molecule has 0 spiro atoms. The molecule has 0 saturated carbocycles. The fourth-order valence-electron chi connectivity index (χ4n) is 1.08. The van der Waals surface area contributed by atoms with Gasteiger partial charge in [-0.3, -0.25) is 0 Å². The van der Waals surface area contributed by atoms with Crippen LogP contribution in [-0.2, 0) is 0 Å². The maximum atomic E-state index is 2.74. The van der Waals surface area contributed by atoms with Gasteiger partial charge >= 0.3 is 0 Å². The Morgan fingerprint density at radius 3 is 1.30 bits per heavy atom. The number of nitrogens with zero attached hydrogens (tertiary/aromatic N) is 2. The van der Waals surface area contributed by atoms with E-state index in [4.69, 9.17) is 0 Å². The summed E-state index contributed by atoms with van der Waals surface area (Å²) in [5.41, 5.74) is 0. The summed E-state index contributed by atoms with van der Waals surface area (Å²) >= 11 is 0. The molecule has 1 heterocycles. The first kappa shape index (κ1) is 8.45. The van der Waals surface area contributed by atoms with Crippen molar-refractivity contribution in [3.8, 4) is 0 Å². The number of rotatable bonds is 2. The first-order valence-electron chi connectivity index (χ1n) is 4.09. The Balaban J connectivity index is 2.18. The zero-order chi connectivity index (χ0) is 7.72. The molecule has 0 unspecified atom stereocenters. The standard InChI is InChI=1S/C6H18N2Si2/c1-5(2)7-9-8(10-7)6(3)4/h5-6H,9-10H2,1-4H3.